The minimum atomic E-state index is -4.01. The van der Waals surface area contributed by atoms with Gasteiger partial charge in [0.2, 0.25) is 0 Å². The van der Waals surface area contributed by atoms with Gasteiger partial charge in [-0.1, -0.05) is 17.7 Å². The van der Waals surface area contributed by atoms with Gasteiger partial charge in [-0.2, -0.15) is 0 Å². The van der Waals surface area contributed by atoms with Crippen LogP contribution in [0, 0.1) is 12.3 Å². The number of benzene rings is 1. The van der Waals surface area contributed by atoms with Crippen molar-refractivity contribution >= 4 is 21.7 Å². The molecule has 2 fully saturated rings. The van der Waals surface area contributed by atoms with Crippen LogP contribution < -0.4 is 0 Å². The number of aryl methyl sites for hydroxylation is 1. The fraction of sp³-hybridized carbons (Fsp3) is 0.400. The number of nitrogens with zero attached hydrogens (tertiary/aromatic N) is 1. The van der Waals surface area contributed by atoms with Crippen molar-refractivity contribution in [3.63, 3.8) is 0 Å². The molecule has 1 saturated carbocycles. The van der Waals surface area contributed by atoms with Gasteiger partial charge < -0.3 is 4.42 Å². The molecule has 0 radical (unpaired) electrons. The van der Waals surface area contributed by atoms with E-state index >= 15 is 0 Å². The predicted octanol–water partition coefficient (Wildman–Crippen LogP) is 3.03. The molecule has 2 aliphatic rings. The maximum Gasteiger partial charge on any atom is 0.266 e. The third-order valence-electron chi connectivity index (χ3n) is 5.79. The second kappa shape index (κ2) is 6.34. The number of Topliss-reactive ketones (excluding diaryl/α,β-unsaturated/α-hetero) is 1. The highest BCUT2D eigenvalue weighted by Crippen LogP contribution is 2.52. The van der Waals surface area contributed by atoms with Crippen LogP contribution in [-0.2, 0) is 19.6 Å². The number of amides is 1. The Bertz CT molecular complexity index is 978. The summed E-state index contributed by atoms with van der Waals surface area (Å²) in [4.78, 5) is 26.3. The third kappa shape index (κ3) is 2.64. The summed E-state index contributed by atoms with van der Waals surface area (Å²) in [6, 6.07) is 9.88. The van der Waals surface area contributed by atoms with Gasteiger partial charge in [-0.15, -0.1) is 0 Å². The minimum absolute atomic E-state index is 0.0371. The molecule has 1 aromatic carbocycles. The molecule has 1 amide bonds. The molecule has 0 bridgehead atoms. The highest BCUT2D eigenvalue weighted by molar-refractivity contribution is 7.89. The van der Waals surface area contributed by atoms with Crippen LogP contribution in [0.5, 0.6) is 0 Å². The van der Waals surface area contributed by atoms with Crippen molar-refractivity contribution in [2.75, 3.05) is 6.54 Å². The van der Waals surface area contributed by atoms with Crippen LogP contribution in [0.1, 0.15) is 42.9 Å². The third-order valence-corrected chi connectivity index (χ3v) is 7.59. The number of carbonyl (C=O) groups is 2. The molecule has 2 aromatic rings. The highest BCUT2D eigenvalue weighted by Gasteiger charge is 2.60. The van der Waals surface area contributed by atoms with Crippen molar-refractivity contribution in [1.29, 1.82) is 0 Å². The van der Waals surface area contributed by atoms with Crippen molar-refractivity contribution in [3.05, 3.63) is 54.0 Å². The van der Waals surface area contributed by atoms with Gasteiger partial charge in [0, 0.05) is 18.9 Å². The molecule has 1 saturated heterocycles. The maximum absolute atomic E-state index is 13.4. The Morgan fingerprint density at radius 3 is 2.48 bits per heavy atom. The first-order chi connectivity index (χ1) is 12.9. The second-order valence-corrected chi connectivity index (χ2v) is 9.16. The number of piperidine rings is 1. The molecule has 2 heterocycles. The predicted molar refractivity (Wildman–Crippen MR) is 97.4 cm³/mol. The Hall–Kier alpha value is -2.41. The number of hydrogen-bond donors (Lipinski definition) is 0. The van der Waals surface area contributed by atoms with Crippen LogP contribution in [0.3, 0.4) is 0 Å². The lowest BCUT2D eigenvalue weighted by molar-refractivity contribution is -0.149. The van der Waals surface area contributed by atoms with Gasteiger partial charge in [-0.05, 0) is 50.5 Å². The first-order valence-corrected chi connectivity index (χ1v) is 10.5. The Morgan fingerprint density at radius 2 is 1.89 bits per heavy atom. The molecule has 4 rings (SSSR count). The molecule has 6 nitrogen and oxygen atoms in total. The van der Waals surface area contributed by atoms with Gasteiger partial charge in [-0.25, -0.2) is 12.7 Å². The molecule has 1 aromatic heterocycles. The van der Waals surface area contributed by atoms with Gasteiger partial charge in [0.15, 0.2) is 0 Å². The van der Waals surface area contributed by atoms with E-state index in [1.807, 2.05) is 6.92 Å². The van der Waals surface area contributed by atoms with Gasteiger partial charge in [0.1, 0.15) is 17.0 Å². The van der Waals surface area contributed by atoms with E-state index in [2.05, 4.69) is 0 Å². The normalized spacial score (nSPS) is 26.1. The average Bonchev–Trinajstić information content (AvgIpc) is 3.29. The smallest absolute Gasteiger partial charge is 0.266 e. The topological polar surface area (TPSA) is 84.7 Å². The molecule has 7 heteroatoms. The van der Waals surface area contributed by atoms with E-state index in [1.165, 1.54) is 18.4 Å². The zero-order valence-corrected chi connectivity index (χ0v) is 15.9. The average molecular weight is 387 g/mol. The van der Waals surface area contributed by atoms with E-state index in [0.29, 0.717) is 31.4 Å². The first-order valence-electron chi connectivity index (χ1n) is 9.08. The molecule has 142 valence electrons. The molecule has 1 spiro atoms. The second-order valence-electron chi connectivity index (χ2n) is 7.30. The van der Waals surface area contributed by atoms with E-state index < -0.39 is 27.3 Å². The van der Waals surface area contributed by atoms with Crippen molar-refractivity contribution in [1.82, 2.24) is 4.31 Å². The fourth-order valence-corrected chi connectivity index (χ4v) is 5.85. The Morgan fingerprint density at radius 1 is 1.15 bits per heavy atom. The van der Waals surface area contributed by atoms with Crippen molar-refractivity contribution in [3.8, 4) is 0 Å². The fourth-order valence-electron chi connectivity index (χ4n) is 4.39. The molecular formula is C20H21NO5S. The van der Waals surface area contributed by atoms with Gasteiger partial charge >= 0.3 is 0 Å². The van der Waals surface area contributed by atoms with E-state index in [1.54, 1.807) is 24.3 Å². The zero-order chi connectivity index (χ0) is 19.2. The lowest BCUT2D eigenvalue weighted by Crippen LogP contribution is -2.56. The molecule has 0 N–H and O–H groups in total. The first kappa shape index (κ1) is 18.0. The largest absolute Gasteiger partial charge is 0.469 e. The highest BCUT2D eigenvalue weighted by atomic mass is 32.2. The molecule has 0 unspecified atom stereocenters. The minimum Gasteiger partial charge on any atom is -0.469 e. The standard InChI is InChI=1S/C20H21NO5S/c1-14-6-8-15(9-7-14)27(24,25)21-12-10-16(17-4-3-13-26-17)20(19(21)23)11-2-5-18(20)22/h3-4,6-9,13,16H,2,5,10-12H2,1H3/t16-,20-/m0/s1. The van der Waals surface area contributed by atoms with Crippen LogP contribution in [0.25, 0.3) is 0 Å². The lowest BCUT2D eigenvalue weighted by atomic mass is 9.68. The summed E-state index contributed by atoms with van der Waals surface area (Å²) in [5, 5.41) is 0. The Kier molecular flexibility index (Phi) is 4.22. The number of hydrogen-bond acceptors (Lipinski definition) is 5. The summed E-state index contributed by atoms with van der Waals surface area (Å²) in [5.74, 6) is -0.638. The van der Waals surface area contributed by atoms with Gasteiger partial charge in [0.25, 0.3) is 15.9 Å². The monoisotopic (exact) mass is 387 g/mol. The van der Waals surface area contributed by atoms with Crippen LogP contribution in [0.4, 0.5) is 0 Å². The Labute approximate surface area is 158 Å². The molecular weight excluding hydrogens is 366 g/mol. The summed E-state index contributed by atoms with van der Waals surface area (Å²) in [7, 11) is -4.01. The molecule has 27 heavy (non-hydrogen) atoms. The lowest BCUT2D eigenvalue weighted by Gasteiger charge is -2.42. The van der Waals surface area contributed by atoms with E-state index in [0.717, 1.165) is 9.87 Å². The number of carbonyl (C=O) groups excluding carboxylic acids is 2. The number of ketones is 1. The van der Waals surface area contributed by atoms with Gasteiger partial charge in [0.05, 0.1) is 11.2 Å². The van der Waals surface area contributed by atoms with E-state index in [-0.39, 0.29) is 17.2 Å². The number of furan rings is 1. The summed E-state index contributed by atoms with van der Waals surface area (Å²) in [6.07, 6.45) is 3.12. The van der Waals surface area contributed by atoms with Gasteiger partial charge in [-0.3, -0.25) is 9.59 Å². The summed E-state index contributed by atoms with van der Waals surface area (Å²) in [5.41, 5.74) is -0.410. The molecule has 2 atom stereocenters. The van der Waals surface area contributed by atoms with Crippen molar-refractivity contribution in [2.24, 2.45) is 5.41 Å². The maximum atomic E-state index is 13.4. The van der Waals surface area contributed by atoms with Crippen LogP contribution in [0.15, 0.2) is 52.0 Å². The number of rotatable bonds is 3. The SMILES string of the molecule is Cc1ccc(S(=O)(=O)N2CC[C@@H](c3ccco3)[C@]3(CCCC3=O)C2=O)cc1. The Balaban J connectivity index is 1.77. The molecule has 1 aliphatic heterocycles. The van der Waals surface area contributed by atoms with Crippen LogP contribution in [0.2, 0.25) is 0 Å². The molecule has 1 aliphatic carbocycles. The summed E-state index contributed by atoms with van der Waals surface area (Å²) in [6.45, 7) is 1.90. The van der Waals surface area contributed by atoms with Crippen LogP contribution >= 0.6 is 0 Å². The zero-order valence-electron chi connectivity index (χ0n) is 15.1. The number of sulfonamides is 1. The van der Waals surface area contributed by atoms with E-state index in [9.17, 15) is 18.0 Å². The van der Waals surface area contributed by atoms with Crippen molar-refractivity contribution in [2.45, 2.75) is 43.4 Å². The quantitative estimate of drug-likeness (QED) is 0.756. The van der Waals surface area contributed by atoms with Crippen molar-refractivity contribution < 1.29 is 22.4 Å². The summed E-state index contributed by atoms with van der Waals surface area (Å²) >= 11 is 0. The van der Waals surface area contributed by atoms with E-state index in [4.69, 9.17) is 4.42 Å². The summed E-state index contributed by atoms with van der Waals surface area (Å²) < 4.78 is 32.6. The van der Waals surface area contributed by atoms with Crippen LogP contribution in [-0.4, -0.2) is 31.0 Å².